The van der Waals surface area contributed by atoms with E-state index in [0.717, 1.165) is 12.8 Å². The van der Waals surface area contributed by atoms with Crippen molar-refractivity contribution in [1.82, 2.24) is 10.2 Å². The smallest absolute Gasteiger partial charge is 0.293 e. The number of amides is 2. The Hall–Kier alpha value is -2.64. The van der Waals surface area contributed by atoms with E-state index >= 15 is 0 Å². The monoisotopic (exact) mass is 320 g/mol. The van der Waals surface area contributed by atoms with E-state index in [1.54, 1.807) is 21.1 Å². The number of nitro benzene ring substituents is 1. The van der Waals surface area contributed by atoms with Crippen LogP contribution in [-0.4, -0.2) is 55.4 Å². The molecule has 0 saturated heterocycles. The van der Waals surface area contributed by atoms with Crippen molar-refractivity contribution in [1.29, 1.82) is 0 Å². The summed E-state index contributed by atoms with van der Waals surface area (Å²) in [6.07, 6.45) is 1.89. The number of rotatable bonds is 6. The van der Waals surface area contributed by atoms with Crippen molar-refractivity contribution in [2.24, 2.45) is 0 Å². The first-order valence-electron chi connectivity index (χ1n) is 7.30. The molecular weight excluding hydrogens is 300 g/mol. The molecule has 0 bridgehead atoms. The molecule has 8 heteroatoms. The van der Waals surface area contributed by atoms with E-state index in [2.05, 4.69) is 5.32 Å². The van der Waals surface area contributed by atoms with Crippen LogP contribution in [0.3, 0.4) is 0 Å². The molecule has 0 aliphatic heterocycles. The third kappa shape index (κ3) is 4.18. The number of carbonyl (C=O) groups is 2. The van der Waals surface area contributed by atoms with Crippen molar-refractivity contribution >= 4 is 23.2 Å². The van der Waals surface area contributed by atoms with E-state index in [1.165, 1.54) is 28.0 Å². The molecule has 23 heavy (non-hydrogen) atoms. The maximum atomic E-state index is 12.0. The molecule has 0 unspecified atom stereocenters. The van der Waals surface area contributed by atoms with E-state index in [4.69, 9.17) is 0 Å². The van der Waals surface area contributed by atoms with Gasteiger partial charge in [0.2, 0.25) is 5.91 Å². The summed E-state index contributed by atoms with van der Waals surface area (Å²) in [5.74, 6) is -0.480. The SMILES string of the molecule is CN(C)C(=O)CN(C)c1ccc(C(=O)NC2CC2)cc1[N+](=O)[O-]. The highest BCUT2D eigenvalue weighted by Gasteiger charge is 2.26. The van der Waals surface area contributed by atoms with Crippen molar-refractivity contribution in [2.75, 3.05) is 32.6 Å². The Morgan fingerprint density at radius 3 is 2.48 bits per heavy atom. The van der Waals surface area contributed by atoms with Crippen LogP contribution in [0.25, 0.3) is 0 Å². The lowest BCUT2D eigenvalue weighted by molar-refractivity contribution is -0.384. The summed E-state index contributed by atoms with van der Waals surface area (Å²) in [7, 11) is 4.85. The zero-order valence-corrected chi connectivity index (χ0v) is 13.4. The Labute approximate surface area is 134 Å². The van der Waals surface area contributed by atoms with Crippen LogP contribution in [0, 0.1) is 10.1 Å². The minimum atomic E-state index is -0.542. The predicted molar refractivity (Wildman–Crippen MR) is 85.5 cm³/mol. The van der Waals surface area contributed by atoms with Gasteiger partial charge in [0.25, 0.3) is 11.6 Å². The lowest BCUT2D eigenvalue weighted by Crippen LogP contribution is -2.34. The zero-order chi connectivity index (χ0) is 17.1. The maximum absolute atomic E-state index is 12.0. The summed E-state index contributed by atoms with van der Waals surface area (Å²) in [6, 6.07) is 4.48. The highest BCUT2D eigenvalue weighted by molar-refractivity contribution is 5.96. The van der Waals surface area contributed by atoms with Gasteiger partial charge >= 0.3 is 0 Å². The van der Waals surface area contributed by atoms with Gasteiger partial charge < -0.3 is 15.1 Å². The highest BCUT2D eigenvalue weighted by Crippen LogP contribution is 2.29. The van der Waals surface area contributed by atoms with Gasteiger partial charge in [-0.15, -0.1) is 0 Å². The van der Waals surface area contributed by atoms with Crippen molar-refractivity contribution in [3.8, 4) is 0 Å². The number of hydrogen-bond donors (Lipinski definition) is 1. The van der Waals surface area contributed by atoms with Gasteiger partial charge in [0.1, 0.15) is 5.69 Å². The Bertz CT molecular complexity index is 640. The molecule has 1 aliphatic rings. The lowest BCUT2D eigenvalue weighted by atomic mass is 10.1. The topological polar surface area (TPSA) is 95.8 Å². The van der Waals surface area contributed by atoms with Crippen LogP contribution >= 0.6 is 0 Å². The summed E-state index contributed by atoms with van der Waals surface area (Å²) in [6.45, 7) is 0.0153. The zero-order valence-electron chi connectivity index (χ0n) is 13.4. The Kier molecular flexibility index (Phi) is 4.83. The maximum Gasteiger partial charge on any atom is 0.293 e. The van der Waals surface area contributed by atoms with Gasteiger partial charge in [-0.05, 0) is 25.0 Å². The number of anilines is 1. The number of hydrogen-bond acceptors (Lipinski definition) is 5. The molecule has 1 saturated carbocycles. The molecule has 1 aromatic rings. The minimum absolute atomic E-state index is 0.0153. The van der Waals surface area contributed by atoms with Crippen LogP contribution < -0.4 is 10.2 Å². The summed E-state index contributed by atoms with van der Waals surface area (Å²) in [5.41, 5.74) is 0.357. The van der Waals surface area contributed by atoms with E-state index in [1.807, 2.05) is 0 Å². The lowest BCUT2D eigenvalue weighted by Gasteiger charge is -2.21. The van der Waals surface area contributed by atoms with Gasteiger partial charge in [-0.2, -0.15) is 0 Å². The number of nitrogens with one attached hydrogen (secondary N) is 1. The fourth-order valence-electron chi connectivity index (χ4n) is 2.06. The van der Waals surface area contributed by atoms with E-state index in [0.29, 0.717) is 5.69 Å². The molecule has 124 valence electrons. The van der Waals surface area contributed by atoms with Crippen molar-refractivity contribution in [2.45, 2.75) is 18.9 Å². The Morgan fingerprint density at radius 1 is 1.30 bits per heavy atom. The number of nitro groups is 1. The second-order valence-corrected chi connectivity index (χ2v) is 5.85. The van der Waals surface area contributed by atoms with Gasteiger partial charge in [0.05, 0.1) is 11.5 Å². The highest BCUT2D eigenvalue weighted by atomic mass is 16.6. The van der Waals surface area contributed by atoms with Crippen molar-refractivity contribution in [3.05, 3.63) is 33.9 Å². The molecule has 2 rings (SSSR count). The molecule has 0 heterocycles. The standard InChI is InChI=1S/C15H20N4O4/c1-17(2)14(20)9-18(3)12-7-4-10(8-13(12)19(22)23)15(21)16-11-5-6-11/h4,7-8,11H,5-6,9H2,1-3H3,(H,16,21). The number of nitrogens with zero attached hydrogens (tertiary/aromatic N) is 3. The van der Waals surface area contributed by atoms with E-state index < -0.39 is 4.92 Å². The largest absolute Gasteiger partial charge is 0.360 e. The molecule has 1 aliphatic carbocycles. The molecule has 1 aromatic carbocycles. The quantitative estimate of drug-likeness (QED) is 0.623. The third-order valence-electron chi connectivity index (χ3n) is 3.63. The number of benzene rings is 1. The van der Waals surface area contributed by atoms with Gasteiger partial charge in [0, 0.05) is 38.8 Å². The van der Waals surface area contributed by atoms with E-state index in [-0.39, 0.29) is 35.7 Å². The minimum Gasteiger partial charge on any atom is -0.360 e. The predicted octanol–water partition coefficient (Wildman–Crippen LogP) is 1.01. The second kappa shape index (κ2) is 6.64. The average Bonchev–Trinajstić information content (AvgIpc) is 3.30. The first-order chi connectivity index (χ1) is 10.8. The third-order valence-corrected chi connectivity index (χ3v) is 3.63. The van der Waals surface area contributed by atoms with Crippen molar-refractivity contribution in [3.63, 3.8) is 0 Å². The normalized spacial score (nSPS) is 13.3. The van der Waals surface area contributed by atoms with Gasteiger partial charge in [-0.3, -0.25) is 19.7 Å². The van der Waals surface area contributed by atoms with Gasteiger partial charge in [-0.25, -0.2) is 0 Å². The summed E-state index contributed by atoms with van der Waals surface area (Å²) in [4.78, 5) is 37.5. The molecular formula is C15H20N4O4. The second-order valence-electron chi connectivity index (χ2n) is 5.85. The van der Waals surface area contributed by atoms with Crippen LogP contribution in [0.15, 0.2) is 18.2 Å². The molecule has 1 fully saturated rings. The van der Waals surface area contributed by atoms with Crippen molar-refractivity contribution < 1.29 is 14.5 Å². The van der Waals surface area contributed by atoms with Gasteiger partial charge in [0.15, 0.2) is 0 Å². The molecule has 0 radical (unpaired) electrons. The van der Waals surface area contributed by atoms with Crippen LogP contribution in [0.5, 0.6) is 0 Å². The summed E-state index contributed by atoms with van der Waals surface area (Å²) < 4.78 is 0. The van der Waals surface area contributed by atoms with Crippen LogP contribution in [0.4, 0.5) is 11.4 Å². The Morgan fingerprint density at radius 2 is 1.96 bits per heavy atom. The number of carbonyl (C=O) groups excluding carboxylic acids is 2. The first kappa shape index (κ1) is 16.7. The molecule has 0 aromatic heterocycles. The summed E-state index contributed by atoms with van der Waals surface area (Å²) in [5, 5.41) is 14.1. The average molecular weight is 320 g/mol. The molecule has 1 N–H and O–H groups in total. The number of likely N-dealkylation sites (N-methyl/N-ethyl adjacent to an activating group) is 2. The molecule has 0 atom stereocenters. The molecule has 2 amide bonds. The van der Waals surface area contributed by atoms with Crippen LogP contribution in [0.1, 0.15) is 23.2 Å². The van der Waals surface area contributed by atoms with Crippen LogP contribution in [-0.2, 0) is 4.79 Å². The fourth-order valence-corrected chi connectivity index (χ4v) is 2.06. The fraction of sp³-hybridized carbons (Fsp3) is 0.467. The molecule has 8 nitrogen and oxygen atoms in total. The van der Waals surface area contributed by atoms with Gasteiger partial charge in [-0.1, -0.05) is 0 Å². The first-order valence-corrected chi connectivity index (χ1v) is 7.30. The van der Waals surface area contributed by atoms with E-state index in [9.17, 15) is 19.7 Å². The summed E-state index contributed by atoms with van der Waals surface area (Å²) >= 11 is 0. The van der Waals surface area contributed by atoms with Crippen LogP contribution in [0.2, 0.25) is 0 Å². The Balaban J connectivity index is 2.23. The molecule has 0 spiro atoms.